The van der Waals surface area contributed by atoms with Gasteiger partial charge in [-0.05, 0) is 49.2 Å². The Morgan fingerprint density at radius 1 is 0.900 bits per heavy atom. The summed E-state index contributed by atoms with van der Waals surface area (Å²) in [6, 6.07) is 18.8. The Labute approximate surface area is 119 Å². The van der Waals surface area contributed by atoms with E-state index in [2.05, 4.69) is 66.6 Å². The molecule has 0 saturated carbocycles. The van der Waals surface area contributed by atoms with Crippen LogP contribution in [0.4, 0.5) is 5.69 Å². The van der Waals surface area contributed by atoms with Gasteiger partial charge >= 0.3 is 0 Å². The molecule has 0 saturated heterocycles. The topological polar surface area (TPSA) is 24.9 Å². The Kier molecular flexibility index (Phi) is 3.38. The van der Waals surface area contributed by atoms with Gasteiger partial charge in [-0.25, -0.2) is 0 Å². The maximum absolute atomic E-state index is 4.67. The molecule has 0 unspecified atom stereocenters. The zero-order chi connectivity index (χ0) is 13.9. The number of aryl methyl sites for hydroxylation is 2. The smallest absolute Gasteiger partial charge is 0.0706 e. The quantitative estimate of drug-likeness (QED) is 0.753. The van der Waals surface area contributed by atoms with Crippen molar-refractivity contribution < 1.29 is 0 Å². The Hall–Kier alpha value is -2.35. The Morgan fingerprint density at radius 3 is 2.60 bits per heavy atom. The van der Waals surface area contributed by atoms with Crippen molar-refractivity contribution in [1.29, 1.82) is 0 Å². The molecule has 0 aliphatic rings. The fraction of sp³-hybridized carbons (Fsp3) is 0.167. The molecule has 0 bridgehead atoms. The van der Waals surface area contributed by atoms with Gasteiger partial charge in [0.1, 0.15) is 0 Å². The van der Waals surface area contributed by atoms with Gasteiger partial charge in [-0.2, -0.15) is 0 Å². The molecule has 0 fully saturated rings. The number of benzene rings is 2. The molecule has 20 heavy (non-hydrogen) atoms. The van der Waals surface area contributed by atoms with Crippen molar-refractivity contribution in [3.8, 4) is 0 Å². The molecule has 0 radical (unpaired) electrons. The van der Waals surface area contributed by atoms with E-state index < -0.39 is 0 Å². The highest BCUT2D eigenvalue weighted by Crippen LogP contribution is 2.16. The molecule has 3 aromatic rings. The summed E-state index contributed by atoms with van der Waals surface area (Å²) in [6.07, 6.45) is 0. The average molecular weight is 262 g/mol. The molecule has 0 amide bonds. The number of nitrogens with one attached hydrogen (secondary N) is 1. The largest absolute Gasteiger partial charge is 0.379 e. The summed E-state index contributed by atoms with van der Waals surface area (Å²) in [6.45, 7) is 5.01. The van der Waals surface area contributed by atoms with Crippen molar-refractivity contribution in [2.24, 2.45) is 0 Å². The van der Waals surface area contributed by atoms with Crippen LogP contribution in [0.5, 0.6) is 0 Å². The second kappa shape index (κ2) is 5.33. The monoisotopic (exact) mass is 262 g/mol. The third-order valence-electron chi connectivity index (χ3n) is 3.64. The SMILES string of the molecule is Cc1ccc(NCc2ccc3ccccc3n2)cc1C. The fourth-order valence-corrected chi connectivity index (χ4v) is 2.25. The fourth-order valence-electron chi connectivity index (χ4n) is 2.25. The molecule has 100 valence electrons. The van der Waals surface area contributed by atoms with Gasteiger partial charge in [0.2, 0.25) is 0 Å². The van der Waals surface area contributed by atoms with Crippen molar-refractivity contribution in [2.45, 2.75) is 20.4 Å². The molecule has 0 atom stereocenters. The highest BCUT2D eigenvalue weighted by molar-refractivity contribution is 5.78. The average Bonchev–Trinajstić information content (AvgIpc) is 2.48. The van der Waals surface area contributed by atoms with E-state index in [1.54, 1.807) is 0 Å². The second-order valence-electron chi connectivity index (χ2n) is 5.15. The van der Waals surface area contributed by atoms with Gasteiger partial charge in [0.05, 0.1) is 17.8 Å². The summed E-state index contributed by atoms with van der Waals surface area (Å²) in [4.78, 5) is 4.67. The van der Waals surface area contributed by atoms with E-state index in [0.29, 0.717) is 0 Å². The Morgan fingerprint density at radius 2 is 1.75 bits per heavy atom. The molecule has 0 aliphatic heterocycles. The number of nitrogens with zero attached hydrogens (tertiary/aromatic N) is 1. The molecule has 1 N–H and O–H groups in total. The molecule has 2 aromatic carbocycles. The zero-order valence-electron chi connectivity index (χ0n) is 11.9. The first kappa shape index (κ1) is 12.7. The summed E-state index contributed by atoms with van der Waals surface area (Å²) in [5.74, 6) is 0. The highest BCUT2D eigenvalue weighted by Gasteiger charge is 1.99. The lowest BCUT2D eigenvalue weighted by Crippen LogP contribution is -2.02. The zero-order valence-corrected chi connectivity index (χ0v) is 11.9. The number of fused-ring (bicyclic) bond motifs is 1. The van der Waals surface area contributed by atoms with Gasteiger partial charge in [0.15, 0.2) is 0 Å². The maximum atomic E-state index is 4.67. The molecule has 0 spiro atoms. The molecule has 2 nitrogen and oxygen atoms in total. The van der Waals surface area contributed by atoms with Crippen LogP contribution < -0.4 is 5.32 Å². The number of hydrogen-bond donors (Lipinski definition) is 1. The lowest BCUT2D eigenvalue weighted by molar-refractivity contribution is 1.07. The second-order valence-corrected chi connectivity index (χ2v) is 5.15. The molecule has 2 heteroatoms. The van der Waals surface area contributed by atoms with E-state index >= 15 is 0 Å². The maximum Gasteiger partial charge on any atom is 0.0706 e. The van der Waals surface area contributed by atoms with Crippen LogP contribution in [0.3, 0.4) is 0 Å². The first-order valence-electron chi connectivity index (χ1n) is 6.88. The molecule has 0 aliphatic carbocycles. The van der Waals surface area contributed by atoms with E-state index in [4.69, 9.17) is 0 Å². The minimum Gasteiger partial charge on any atom is -0.379 e. The van der Waals surface area contributed by atoms with Gasteiger partial charge in [-0.3, -0.25) is 4.98 Å². The summed E-state index contributed by atoms with van der Waals surface area (Å²) in [7, 11) is 0. The molecular weight excluding hydrogens is 244 g/mol. The summed E-state index contributed by atoms with van der Waals surface area (Å²) in [5, 5.41) is 4.61. The van der Waals surface area contributed by atoms with Crippen LogP contribution in [-0.4, -0.2) is 4.98 Å². The number of rotatable bonds is 3. The standard InChI is InChI=1S/C18H18N2/c1-13-7-9-16(11-14(13)2)19-12-17-10-8-15-5-3-4-6-18(15)20-17/h3-11,19H,12H2,1-2H3. The predicted molar refractivity (Wildman–Crippen MR) is 85.0 cm³/mol. The lowest BCUT2D eigenvalue weighted by atomic mass is 10.1. The van der Waals surface area contributed by atoms with Crippen molar-refractivity contribution in [3.05, 3.63) is 71.4 Å². The Bertz CT molecular complexity index is 747. The van der Waals surface area contributed by atoms with Crippen LogP contribution in [0.2, 0.25) is 0 Å². The first-order valence-corrected chi connectivity index (χ1v) is 6.88. The van der Waals surface area contributed by atoms with E-state index in [-0.39, 0.29) is 0 Å². The van der Waals surface area contributed by atoms with E-state index in [9.17, 15) is 0 Å². The van der Waals surface area contributed by atoms with Crippen molar-refractivity contribution >= 4 is 16.6 Å². The molecule has 1 aromatic heterocycles. The van der Waals surface area contributed by atoms with Crippen molar-refractivity contribution in [1.82, 2.24) is 4.98 Å². The van der Waals surface area contributed by atoms with E-state index in [1.165, 1.54) is 16.5 Å². The molecule has 1 heterocycles. The Balaban J connectivity index is 1.77. The number of aromatic nitrogens is 1. The van der Waals surface area contributed by atoms with Crippen LogP contribution in [-0.2, 0) is 6.54 Å². The first-order chi connectivity index (χ1) is 9.72. The van der Waals surface area contributed by atoms with Crippen LogP contribution >= 0.6 is 0 Å². The number of hydrogen-bond acceptors (Lipinski definition) is 2. The van der Waals surface area contributed by atoms with E-state index in [1.807, 2.05) is 12.1 Å². The van der Waals surface area contributed by atoms with Crippen molar-refractivity contribution in [3.63, 3.8) is 0 Å². The van der Waals surface area contributed by atoms with Gasteiger partial charge in [0.25, 0.3) is 0 Å². The van der Waals surface area contributed by atoms with Gasteiger partial charge in [0, 0.05) is 11.1 Å². The van der Waals surface area contributed by atoms with Crippen LogP contribution in [0, 0.1) is 13.8 Å². The lowest BCUT2D eigenvalue weighted by Gasteiger charge is -2.09. The van der Waals surface area contributed by atoms with Crippen LogP contribution in [0.1, 0.15) is 16.8 Å². The number of para-hydroxylation sites is 1. The third-order valence-corrected chi connectivity index (χ3v) is 3.64. The molecule has 3 rings (SSSR count). The third kappa shape index (κ3) is 2.64. The van der Waals surface area contributed by atoms with Gasteiger partial charge < -0.3 is 5.32 Å². The summed E-state index contributed by atoms with van der Waals surface area (Å²) in [5.41, 5.74) is 5.87. The highest BCUT2D eigenvalue weighted by atomic mass is 14.9. The van der Waals surface area contributed by atoms with Gasteiger partial charge in [-0.15, -0.1) is 0 Å². The van der Waals surface area contributed by atoms with Crippen molar-refractivity contribution in [2.75, 3.05) is 5.32 Å². The predicted octanol–water partition coefficient (Wildman–Crippen LogP) is 4.46. The van der Waals surface area contributed by atoms with E-state index in [0.717, 1.165) is 23.4 Å². The van der Waals surface area contributed by atoms with Crippen LogP contribution in [0.15, 0.2) is 54.6 Å². The number of anilines is 1. The summed E-state index contributed by atoms with van der Waals surface area (Å²) < 4.78 is 0. The number of pyridine rings is 1. The normalized spacial score (nSPS) is 10.7. The van der Waals surface area contributed by atoms with Crippen LogP contribution in [0.25, 0.3) is 10.9 Å². The minimum absolute atomic E-state index is 0.743. The molecular formula is C18H18N2. The minimum atomic E-state index is 0.743. The van der Waals surface area contributed by atoms with Gasteiger partial charge in [-0.1, -0.05) is 30.3 Å². The summed E-state index contributed by atoms with van der Waals surface area (Å²) >= 11 is 0.